The second-order valence-corrected chi connectivity index (χ2v) is 6.00. The molecule has 104 valence electrons. The monoisotopic (exact) mass is 310 g/mol. The summed E-state index contributed by atoms with van der Waals surface area (Å²) in [6, 6.07) is 6.64. The third kappa shape index (κ3) is 2.19. The van der Waals surface area contributed by atoms with Crippen molar-refractivity contribution in [3.63, 3.8) is 0 Å². The number of thioether (sulfide) groups is 1. The van der Waals surface area contributed by atoms with Crippen LogP contribution in [0.4, 0.5) is 4.79 Å². The lowest BCUT2D eigenvalue weighted by atomic mass is 10.1. The molecule has 1 aromatic rings. The number of likely N-dealkylation sites (tertiary alicyclic amines) is 1. The first-order chi connectivity index (χ1) is 9.58. The van der Waals surface area contributed by atoms with E-state index in [-0.39, 0.29) is 28.8 Å². The molecule has 2 saturated heterocycles. The van der Waals surface area contributed by atoms with Gasteiger partial charge in [0.2, 0.25) is 5.91 Å². The molecule has 0 bridgehead atoms. The SMILES string of the molecule is O=C(c1ccccc1Cl)N1CC(N2C(=O)CSC2=O)C1. The lowest BCUT2D eigenvalue weighted by Crippen LogP contribution is -2.62. The van der Waals surface area contributed by atoms with Crippen LogP contribution >= 0.6 is 23.4 Å². The normalized spacial score (nSPS) is 19.4. The summed E-state index contributed by atoms with van der Waals surface area (Å²) in [6.07, 6.45) is 0. The van der Waals surface area contributed by atoms with Gasteiger partial charge < -0.3 is 4.90 Å². The van der Waals surface area contributed by atoms with E-state index in [0.29, 0.717) is 23.7 Å². The Morgan fingerprint density at radius 3 is 2.55 bits per heavy atom. The highest BCUT2D eigenvalue weighted by Crippen LogP contribution is 2.27. The number of halogens is 1. The number of carbonyl (C=O) groups is 3. The lowest BCUT2D eigenvalue weighted by molar-refractivity contribution is -0.128. The molecule has 0 radical (unpaired) electrons. The average molecular weight is 311 g/mol. The van der Waals surface area contributed by atoms with E-state index in [0.717, 1.165) is 11.8 Å². The Hall–Kier alpha value is -1.53. The molecular formula is C13H11ClN2O3S. The third-order valence-electron chi connectivity index (χ3n) is 3.40. The lowest BCUT2D eigenvalue weighted by Gasteiger charge is -2.42. The van der Waals surface area contributed by atoms with Gasteiger partial charge in [-0.2, -0.15) is 0 Å². The van der Waals surface area contributed by atoms with E-state index in [9.17, 15) is 14.4 Å². The highest BCUT2D eigenvalue weighted by atomic mass is 35.5. The Morgan fingerprint density at radius 1 is 1.25 bits per heavy atom. The second kappa shape index (κ2) is 5.10. The van der Waals surface area contributed by atoms with Gasteiger partial charge in [0, 0.05) is 13.1 Å². The first kappa shape index (κ1) is 13.5. The van der Waals surface area contributed by atoms with Gasteiger partial charge in [-0.15, -0.1) is 0 Å². The molecule has 2 aliphatic rings. The molecule has 2 aliphatic heterocycles. The predicted molar refractivity (Wildman–Crippen MR) is 75.8 cm³/mol. The Labute approximate surface area is 124 Å². The van der Waals surface area contributed by atoms with Crippen molar-refractivity contribution in [1.82, 2.24) is 9.80 Å². The maximum Gasteiger partial charge on any atom is 0.289 e. The predicted octanol–water partition coefficient (Wildman–Crippen LogP) is 1.86. The number of rotatable bonds is 2. The molecule has 0 N–H and O–H groups in total. The van der Waals surface area contributed by atoms with Crippen molar-refractivity contribution in [2.45, 2.75) is 6.04 Å². The van der Waals surface area contributed by atoms with Crippen molar-refractivity contribution in [2.24, 2.45) is 0 Å². The molecular weight excluding hydrogens is 300 g/mol. The molecule has 2 heterocycles. The van der Waals surface area contributed by atoms with Crippen LogP contribution in [0.25, 0.3) is 0 Å². The summed E-state index contributed by atoms with van der Waals surface area (Å²) in [7, 11) is 0. The van der Waals surface area contributed by atoms with Crippen LogP contribution in [0.2, 0.25) is 5.02 Å². The zero-order valence-corrected chi connectivity index (χ0v) is 12.0. The van der Waals surface area contributed by atoms with Crippen molar-refractivity contribution >= 4 is 40.4 Å². The standard InChI is InChI=1S/C13H11ClN2O3S/c14-10-4-2-1-3-9(10)12(18)15-5-8(6-15)16-11(17)7-20-13(16)19/h1-4,8H,5-7H2. The van der Waals surface area contributed by atoms with Gasteiger partial charge in [0.15, 0.2) is 0 Å². The molecule has 0 unspecified atom stereocenters. The number of carbonyl (C=O) groups excluding carboxylic acids is 3. The first-order valence-electron chi connectivity index (χ1n) is 6.10. The van der Waals surface area contributed by atoms with E-state index in [1.165, 1.54) is 4.90 Å². The van der Waals surface area contributed by atoms with Gasteiger partial charge in [0.25, 0.3) is 11.1 Å². The minimum atomic E-state index is -0.218. The maximum absolute atomic E-state index is 12.2. The summed E-state index contributed by atoms with van der Waals surface area (Å²) in [5, 5.41) is 0.190. The van der Waals surface area contributed by atoms with Crippen molar-refractivity contribution in [3.8, 4) is 0 Å². The van der Waals surface area contributed by atoms with Crippen LogP contribution in [-0.2, 0) is 4.79 Å². The fourth-order valence-electron chi connectivity index (χ4n) is 2.31. The highest BCUT2D eigenvalue weighted by molar-refractivity contribution is 8.14. The highest BCUT2D eigenvalue weighted by Gasteiger charge is 2.43. The summed E-state index contributed by atoms with van der Waals surface area (Å²) < 4.78 is 0. The first-order valence-corrected chi connectivity index (χ1v) is 7.47. The minimum absolute atomic E-state index is 0.168. The van der Waals surface area contributed by atoms with Crippen LogP contribution in [0.5, 0.6) is 0 Å². The van der Waals surface area contributed by atoms with Crippen LogP contribution in [0.15, 0.2) is 24.3 Å². The molecule has 3 rings (SSSR count). The van der Waals surface area contributed by atoms with Crippen LogP contribution in [0.3, 0.4) is 0 Å². The Bertz CT molecular complexity index is 585. The van der Waals surface area contributed by atoms with Gasteiger partial charge in [0.05, 0.1) is 22.4 Å². The van der Waals surface area contributed by atoms with Crippen LogP contribution in [-0.4, -0.2) is 51.7 Å². The van der Waals surface area contributed by atoms with E-state index in [2.05, 4.69) is 0 Å². The third-order valence-corrected chi connectivity index (χ3v) is 4.57. The summed E-state index contributed by atoms with van der Waals surface area (Å²) in [5.41, 5.74) is 0.445. The van der Waals surface area contributed by atoms with E-state index < -0.39 is 0 Å². The minimum Gasteiger partial charge on any atom is -0.334 e. The molecule has 7 heteroatoms. The Balaban J connectivity index is 1.66. The van der Waals surface area contributed by atoms with Gasteiger partial charge in [-0.3, -0.25) is 19.3 Å². The van der Waals surface area contributed by atoms with Crippen LogP contribution in [0, 0.1) is 0 Å². The van der Waals surface area contributed by atoms with E-state index in [1.807, 2.05) is 0 Å². The second-order valence-electron chi connectivity index (χ2n) is 4.66. The van der Waals surface area contributed by atoms with Crippen molar-refractivity contribution < 1.29 is 14.4 Å². The maximum atomic E-state index is 12.2. The molecule has 5 nitrogen and oxygen atoms in total. The zero-order valence-electron chi connectivity index (χ0n) is 10.4. The van der Waals surface area contributed by atoms with Gasteiger partial charge in [-0.05, 0) is 12.1 Å². The molecule has 0 aromatic heterocycles. The topological polar surface area (TPSA) is 57.7 Å². The number of nitrogens with zero attached hydrogens (tertiary/aromatic N) is 2. The quantitative estimate of drug-likeness (QED) is 0.836. The fourth-order valence-corrected chi connectivity index (χ4v) is 3.30. The zero-order chi connectivity index (χ0) is 14.3. The van der Waals surface area contributed by atoms with Gasteiger partial charge in [0.1, 0.15) is 0 Å². The summed E-state index contributed by atoms with van der Waals surface area (Å²) in [4.78, 5) is 38.2. The van der Waals surface area contributed by atoms with E-state index in [1.54, 1.807) is 29.2 Å². The number of benzene rings is 1. The molecule has 0 atom stereocenters. The van der Waals surface area contributed by atoms with Crippen LogP contribution in [0.1, 0.15) is 10.4 Å². The van der Waals surface area contributed by atoms with E-state index >= 15 is 0 Å². The molecule has 0 saturated carbocycles. The summed E-state index contributed by atoms with van der Waals surface area (Å²) >= 11 is 7.00. The van der Waals surface area contributed by atoms with Gasteiger partial charge in [-0.25, -0.2) is 0 Å². The number of amides is 3. The largest absolute Gasteiger partial charge is 0.334 e. The summed E-state index contributed by atoms with van der Waals surface area (Å²) in [5.74, 6) is -0.137. The van der Waals surface area contributed by atoms with Gasteiger partial charge >= 0.3 is 0 Å². The Morgan fingerprint density at radius 2 is 1.95 bits per heavy atom. The van der Waals surface area contributed by atoms with Crippen molar-refractivity contribution in [3.05, 3.63) is 34.9 Å². The average Bonchev–Trinajstić information content (AvgIpc) is 2.69. The van der Waals surface area contributed by atoms with Crippen molar-refractivity contribution in [2.75, 3.05) is 18.8 Å². The number of hydrogen-bond acceptors (Lipinski definition) is 4. The Kier molecular flexibility index (Phi) is 3.43. The summed E-state index contributed by atoms with van der Waals surface area (Å²) in [6.45, 7) is 0.754. The van der Waals surface area contributed by atoms with Crippen molar-refractivity contribution in [1.29, 1.82) is 0 Å². The molecule has 2 fully saturated rings. The fraction of sp³-hybridized carbons (Fsp3) is 0.308. The molecule has 20 heavy (non-hydrogen) atoms. The van der Waals surface area contributed by atoms with E-state index in [4.69, 9.17) is 11.6 Å². The smallest absolute Gasteiger partial charge is 0.289 e. The van der Waals surface area contributed by atoms with Crippen LogP contribution < -0.4 is 0 Å². The van der Waals surface area contributed by atoms with Gasteiger partial charge in [-0.1, -0.05) is 35.5 Å². The molecule has 0 aliphatic carbocycles. The molecule has 3 amide bonds. The molecule has 1 aromatic carbocycles. The molecule has 0 spiro atoms. The number of hydrogen-bond donors (Lipinski definition) is 0. The number of imide groups is 1.